The second-order valence-corrected chi connectivity index (χ2v) is 4.74. The molecule has 3 heteroatoms. The number of ether oxygens (including phenoxy) is 1. The van der Waals surface area contributed by atoms with Crippen molar-refractivity contribution in [1.82, 2.24) is 5.32 Å². The normalized spacial score (nSPS) is 10.6. The summed E-state index contributed by atoms with van der Waals surface area (Å²) in [6, 6.07) is 13.0. The molecule has 2 rings (SSSR count). The molecule has 0 radical (unpaired) electrons. The first kappa shape index (κ1) is 14.5. The van der Waals surface area contributed by atoms with E-state index in [1.54, 1.807) is 6.07 Å². The molecule has 0 spiro atoms. The van der Waals surface area contributed by atoms with Crippen molar-refractivity contribution in [1.29, 1.82) is 0 Å². The lowest BCUT2D eigenvalue weighted by molar-refractivity contribution is 0.299. The maximum Gasteiger partial charge on any atom is 0.129 e. The second kappa shape index (κ2) is 7.06. The van der Waals surface area contributed by atoms with Crippen LogP contribution in [0.15, 0.2) is 42.5 Å². The third-order valence-electron chi connectivity index (χ3n) is 3.22. The average molecular weight is 273 g/mol. The van der Waals surface area contributed by atoms with E-state index in [4.69, 9.17) is 4.74 Å². The fourth-order valence-electron chi connectivity index (χ4n) is 2.04. The van der Waals surface area contributed by atoms with Gasteiger partial charge >= 0.3 is 0 Å². The third kappa shape index (κ3) is 3.81. The Balaban J connectivity index is 2.03. The van der Waals surface area contributed by atoms with Crippen molar-refractivity contribution in [3.8, 4) is 5.75 Å². The van der Waals surface area contributed by atoms with Crippen molar-refractivity contribution in [3.05, 3.63) is 65.0 Å². The van der Waals surface area contributed by atoms with Crippen LogP contribution in [0.4, 0.5) is 4.39 Å². The summed E-state index contributed by atoms with van der Waals surface area (Å²) < 4.78 is 19.4. The number of aryl methyl sites for hydroxylation is 1. The Hall–Kier alpha value is -1.87. The van der Waals surface area contributed by atoms with Gasteiger partial charge in [-0.15, -0.1) is 0 Å². The molecule has 20 heavy (non-hydrogen) atoms. The van der Waals surface area contributed by atoms with Crippen LogP contribution in [-0.4, -0.2) is 7.05 Å². The Bertz CT molecular complexity index is 551. The van der Waals surface area contributed by atoms with Gasteiger partial charge in [0.2, 0.25) is 0 Å². The molecule has 0 bridgehead atoms. The van der Waals surface area contributed by atoms with Crippen molar-refractivity contribution < 1.29 is 9.13 Å². The molecule has 1 N–H and O–H groups in total. The van der Waals surface area contributed by atoms with Crippen LogP contribution in [0.5, 0.6) is 5.75 Å². The van der Waals surface area contributed by atoms with Crippen molar-refractivity contribution >= 4 is 0 Å². The Morgan fingerprint density at radius 3 is 2.40 bits per heavy atom. The molecule has 0 aliphatic rings. The smallest absolute Gasteiger partial charge is 0.129 e. The third-order valence-corrected chi connectivity index (χ3v) is 3.22. The van der Waals surface area contributed by atoms with Gasteiger partial charge in [-0.05, 0) is 48.9 Å². The molecule has 0 aliphatic heterocycles. The summed E-state index contributed by atoms with van der Waals surface area (Å²) in [5.41, 5.74) is 2.89. The Kier molecular flexibility index (Phi) is 5.13. The van der Waals surface area contributed by atoms with E-state index >= 15 is 0 Å². The number of halogens is 1. The minimum Gasteiger partial charge on any atom is -0.489 e. The van der Waals surface area contributed by atoms with E-state index in [1.807, 2.05) is 37.4 Å². The molecule has 2 nitrogen and oxygen atoms in total. The maximum atomic E-state index is 13.7. The number of rotatable bonds is 6. The van der Waals surface area contributed by atoms with E-state index < -0.39 is 0 Å². The Labute approximate surface area is 119 Å². The quantitative estimate of drug-likeness (QED) is 0.866. The summed E-state index contributed by atoms with van der Waals surface area (Å²) >= 11 is 0. The van der Waals surface area contributed by atoms with E-state index in [1.165, 1.54) is 11.6 Å². The highest BCUT2D eigenvalue weighted by molar-refractivity contribution is 5.29. The Morgan fingerprint density at radius 1 is 1.05 bits per heavy atom. The molecule has 106 valence electrons. The van der Waals surface area contributed by atoms with Gasteiger partial charge in [0.15, 0.2) is 0 Å². The molecule has 0 atom stereocenters. The predicted molar refractivity (Wildman–Crippen MR) is 79.3 cm³/mol. The lowest BCUT2D eigenvalue weighted by Crippen LogP contribution is -2.07. The predicted octanol–water partition coefficient (Wildman–Crippen LogP) is 3.69. The largest absolute Gasteiger partial charge is 0.489 e. The molecule has 0 amide bonds. The van der Waals surface area contributed by atoms with E-state index in [2.05, 4.69) is 12.2 Å². The van der Waals surface area contributed by atoms with Gasteiger partial charge in [-0.3, -0.25) is 0 Å². The van der Waals surface area contributed by atoms with Crippen LogP contribution in [0.3, 0.4) is 0 Å². The van der Waals surface area contributed by atoms with E-state index in [0.29, 0.717) is 5.56 Å². The van der Waals surface area contributed by atoms with Crippen LogP contribution < -0.4 is 10.1 Å². The molecule has 0 heterocycles. The molecular formula is C17H20FNO. The van der Waals surface area contributed by atoms with Gasteiger partial charge in [-0.2, -0.15) is 0 Å². The summed E-state index contributed by atoms with van der Waals surface area (Å²) in [6.45, 7) is 3.08. The average Bonchev–Trinajstić information content (AvgIpc) is 2.48. The van der Waals surface area contributed by atoms with Gasteiger partial charge in [0, 0.05) is 12.1 Å². The highest BCUT2D eigenvalue weighted by Gasteiger charge is 2.05. The lowest BCUT2D eigenvalue weighted by atomic mass is 10.1. The van der Waals surface area contributed by atoms with Crippen LogP contribution in [-0.2, 0) is 19.6 Å². The van der Waals surface area contributed by atoms with E-state index in [9.17, 15) is 4.39 Å². The van der Waals surface area contributed by atoms with Crippen molar-refractivity contribution in [2.24, 2.45) is 0 Å². The van der Waals surface area contributed by atoms with Crippen molar-refractivity contribution in [2.75, 3.05) is 7.05 Å². The number of hydrogen-bond acceptors (Lipinski definition) is 2. The van der Waals surface area contributed by atoms with E-state index in [0.717, 1.165) is 24.3 Å². The zero-order valence-corrected chi connectivity index (χ0v) is 11.9. The fourth-order valence-corrected chi connectivity index (χ4v) is 2.04. The molecular weight excluding hydrogens is 253 g/mol. The van der Waals surface area contributed by atoms with Crippen LogP contribution in [0.25, 0.3) is 0 Å². The summed E-state index contributed by atoms with van der Waals surface area (Å²) in [5, 5.41) is 3.05. The molecule has 2 aromatic carbocycles. The van der Waals surface area contributed by atoms with Crippen molar-refractivity contribution in [3.63, 3.8) is 0 Å². The molecule has 0 aromatic heterocycles. The highest BCUT2D eigenvalue weighted by atomic mass is 19.1. The monoisotopic (exact) mass is 273 g/mol. The van der Waals surface area contributed by atoms with Gasteiger partial charge in [0.05, 0.1) is 0 Å². The van der Waals surface area contributed by atoms with Gasteiger partial charge in [0.1, 0.15) is 18.2 Å². The summed E-state index contributed by atoms with van der Waals surface area (Å²) in [6.07, 6.45) is 1.00. The lowest BCUT2D eigenvalue weighted by Gasteiger charge is -2.09. The summed E-state index contributed by atoms with van der Waals surface area (Å²) in [5.74, 6) is 0.538. The second-order valence-electron chi connectivity index (χ2n) is 4.74. The molecule has 0 aliphatic carbocycles. The van der Waals surface area contributed by atoms with Crippen molar-refractivity contribution in [2.45, 2.75) is 26.5 Å². The summed E-state index contributed by atoms with van der Waals surface area (Å²) in [7, 11) is 1.87. The zero-order valence-electron chi connectivity index (χ0n) is 11.9. The molecule has 0 fully saturated rings. The number of hydrogen-bond donors (Lipinski definition) is 1. The first-order chi connectivity index (χ1) is 9.72. The van der Waals surface area contributed by atoms with Gasteiger partial charge < -0.3 is 10.1 Å². The van der Waals surface area contributed by atoms with Crippen LogP contribution in [0.1, 0.15) is 23.6 Å². The molecule has 2 aromatic rings. The minimum atomic E-state index is -0.227. The highest BCUT2D eigenvalue weighted by Crippen LogP contribution is 2.17. The summed E-state index contributed by atoms with van der Waals surface area (Å²) in [4.78, 5) is 0. The molecule has 0 saturated heterocycles. The van der Waals surface area contributed by atoms with E-state index in [-0.39, 0.29) is 12.4 Å². The molecule has 0 unspecified atom stereocenters. The standard InChI is InChI=1S/C17H20FNO/c1-3-13-4-7-16(8-5-13)20-12-15-10-14(11-19-2)6-9-17(15)18/h4-10,19H,3,11-12H2,1-2H3. The van der Waals surface area contributed by atoms with Crippen LogP contribution in [0.2, 0.25) is 0 Å². The number of benzene rings is 2. The maximum absolute atomic E-state index is 13.7. The number of nitrogens with one attached hydrogen (secondary N) is 1. The Morgan fingerprint density at radius 2 is 1.75 bits per heavy atom. The van der Waals surface area contributed by atoms with Gasteiger partial charge in [-0.1, -0.05) is 25.1 Å². The van der Waals surface area contributed by atoms with Crippen LogP contribution >= 0.6 is 0 Å². The molecule has 0 saturated carbocycles. The zero-order chi connectivity index (χ0) is 14.4. The minimum absolute atomic E-state index is 0.227. The van der Waals surface area contributed by atoms with Gasteiger partial charge in [-0.25, -0.2) is 4.39 Å². The SMILES string of the molecule is CCc1ccc(OCc2cc(CNC)ccc2F)cc1. The first-order valence-corrected chi connectivity index (χ1v) is 6.86. The van der Waals surface area contributed by atoms with Crippen LogP contribution in [0, 0.1) is 5.82 Å². The topological polar surface area (TPSA) is 21.3 Å². The first-order valence-electron chi connectivity index (χ1n) is 6.86. The van der Waals surface area contributed by atoms with Gasteiger partial charge in [0.25, 0.3) is 0 Å². The fraction of sp³-hybridized carbons (Fsp3) is 0.294.